The van der Waals surface area contributed by atoms with Crippen LogP contribution in [0.4, 0.5) is 0 Å². The molecule has 0 aromatic heterocycles. The molecule has 3 nitrogen and oxygen atoms in total. The highest BCUT2D eigenvalue weighted by molar-refractivity contribution is 5.79. The number of benzene rings is 1. The predicted molar refractivity (Wildman–Crippen MR) is 104 cm³/mol. The summed E-state index contributed by atoms with van der Waals surface area (Å²) in [5.41, 5.74) is 1.50. The highest BCUT2D eigenvalue weighted by Crippen LogP contribution is 2.44. The van der Waals surface area contributed by atoms with Crippen molar-refractivity contribution < 1.29 is 4.79 Å². The van der Waals surface area contributed by atoms with Gasteiger partial charge in [-0.2, -0.15) is 0 Å². The molecule has 1 aromatic carbocycles. The third-order valence-electron chi connectivity index (χ3n) is 7.59. The fourth-order valence-electron chi connectivity index (χ4n) is 6.45. The number of likely N-dealkylation sites (tertiary alicyclic amines) is 1. The first kappa shape index (κ1) is 16.8. The molecule has 4 atom stereocenters. The lowest BCUT2D eigenvalue weighted by molar-refractivity contribution is -0.143. The number of hydrogen-bond donors (Lipinski definition) is 0. The van der Waals surface area contributed by atoms with Crippen LogP contribution in [0.15, 0.2) is 30.3 Å². The van der Waals surface area contributed by atoms with E-state index in [9.17, 15) is 4.79 Å². The molecule has 0 radical (unpaired) electrons. The molecule has 5 rings (SSSR count). The predicted octanol–water partition coefficient (Wildman–Crippen LogP) is 4.25. The van der Waals surface area contributed by atoms with Gasteiger partial charge in [-0.3, -0.25) is 9.69 Å². The molecular weight excluding hydrogens is 320 g/mol. The second-order valence-corrected chi connectivity index (χ2v) is 9.21. The van der Waals surface area contributed by atoms with Crippen LogP contribution in [-0.2, 0) is 4.79 Å². The first-order chi connectivity index (χ1) is 12.8. The van der Waals surface area contributed by atoms with Gasteiger partial charge in [-0.1, -0.05) is 43.2 Å². The minimum atomic E-state index is 0.341. The Morgan fingerprint density at radius 1 is 0.885 bits per heavy atom. The fourth-order valence-corrected chi connectivity index (χ4v) is 6.45. The van der Waals surface area contributed by atoms with Crippen molar-refractivity contribution in [2.75, 3.05) is 19.6 Å². The van der Waals surface area contributed by atoms with E-state index in [-0.39, 0.29) is 0 Å². The first-order valence-electron chi connectivity index (χ1n) is 10.9. The Balaban J connectivity index is 1.33. The van der Waals surface area contributed by atoms with Crippen molar-refractivity contribution in [3.05, 3.63) is 35.9 Å². The topological polar surface area (TPSA) is 23.6 Å². The normalized spacial score (nSPS) is 35.3. The van der Waals surface area contributed by atoms with Gasteiger partial charge in [0.05, 0.1) is 0 Å². The molecule has 0 unspecified atom stereocenters. The second-order valence-electron chi connectivity index (χ2n) is 9.21. The van der Waals surface area contributed by atoms with Gasteiger partial charge < -0.3 is 4.90 Å². The van der Waals surface area contributed by atoms with Gasteiger partial charge in [0, 0.05) is 37.6 Å². The summed E-state index contributed by atoms with van der Waals surface area (Å²) in [4.78, 5) is 18.1. The van der Waals surface area contributed by atoms with Crippen molar-refractivity contribution in [2.45, 2.75) is 63.5 Å². The largest absolute Gasteiger partial charge is 0.342 e. The quantitative estimate of drug-likeness (QED) is 0.794. The van der Waals surface area contributed by atoms with E-state index in [1.54, 1.807) is 0 Å². The Bertz CT molecular complexity index is 639. The fraction of sp³-hybridized carbons (Fsp3) is 0.696. The molecular formula is C23H32N2O. The summed E-state index contributed by atoms with van der Waals surface area (Å²) < 4.78 is 0. The van der Waals surface area contributed by atoms with Gasteiger partial charge in [0.25, 0.3) is 0 Å². The van der Waals surface area contributed by atoms with Crippen molar-refractivity contribution in [3.63, 3.8) is 0 Å². The molecule has 4 fully saturated rings. The summed E-state index contributed by atoms with van der Waals surface area (Å²) in [6.07, 6.45) is 10.1. The van der Waals surface area contributed by atoms with Crippen LogP contribution in [0.2, 0.25) is 0 Å². The molecule has 1 amide bonds. The number of carbonyl (C=O) groups excluding carboxylic acids is 1. The van der Waals surface area contributed by atoms with Crippen LogP contribution >= 0.6 is 0 Å². The second kappa shape index (κ2) is 6.99. The molecule has 140 valence electrons. The lowest BCUT2D eigenvalue weighted by Crippen LogP contribution is -2.60. The molecule has 3 aliphatic heterocycles. The maximum atomic E-state index is 13.0. The minimum absolute atomic E-state index is 0.341. The van der Waals surface area contributed by atoms with Gasteiger partial charge in [-0.05, 0) is 55.9 Å². The van der Waals surface area contributed by atoms with Crippen molar-refractivity contribution in [1.29, 1.82) is 0 Å². The Labute approximate surface area is 157 Å². The molecule has 3 heterocycles. The third kappa shape index (κ3) is 2.98. The average Bonchev–Trinajstić information content (AvgIpc) is 3.22. The SMILES string of the molecule is O=C(C1CCCC1)N1C[C@@H]2C[C@H](C1)[C@@H]1CCC[C@H](c3ccccc3)N1C2. The van der Waals surface area contributed by atoms with Gasteiger partial charge in [-0.15, -0.1) is 0 Å². The highest BCUT2D eigenvalue weighted by Gasteiger charge is 2.46. The summed E-state index contributed by atoms with van der Waals surface area (Å²) in [7, 11) is 0. The number of amides is 1. The zero-order valence-electron chi connectivity index (χ0n) is 15.9. The molecule has 0 spiro atoms. The minimum Gasteiger partial charge on any atom is -0.342 e. The average molecular weight is 353 g/mol. The van der Waals surface area contributed by atoms with Crippen LogP contribution in [0, 0.1) is 17.8 Å². The van der Waals surface area contributed by atoms with Gasteiger partial charge in [0.1, 0.15) is 0 Å². The van der Waals surface area contributed by atoms with Gasteiger partial charge >= 0.3 is 0 Å². The van der Waals surface area contributed by atoms with E-state index in [1.165, 1.54) is 50.6 Å². The zero-order chi connectivity index (χ0) is 17.5. The number of fused-ring (bicyclic) bond motifs is 4. The van der Waals surface area contributed by atoms with Crippen LogP contribution in [0.3, 0.4) is 0 Å². The number of hydrogen-bond acceptors (Lipinski definition) is 2. The molecule has 1 saturated carbocycles. The number of carbonyl (C=O) groups is 1. The zero-order valence-corrected chi connectivity index (χ0v) is 15.9. The Hall–Kier alpha value is -1.35. The van der Waals surface area contributed by atoms with Crippen LogP contribution in [0.5, 0.6) is 0 Å². The molecule has 26 heavy (non-hydrogen) atoms. The van der Waals surface area contributed by atoms with E-state index in [0.717, 1.165) is 25.9 Å². The van der Waals surface area contributed by atoms with Crippen molar-refractivity contribution in [3.8, 4) is 0 Å². The number of nitrogens with zero attached hydrogens (tertiary/aromatic N) is 2. The molecule has 4 aliphatic rings. The third-order valence-corrected chi connectivity index (χ3v) is 7.59. The maximum Gasteiger partial charge on any atom is 0.225 e. The molecule has 3 saturated heterocycles. The van der Waals surface area contributed by atoms with Crippen molar-refractivity contribution >= 4 is 5.91 Å². The Morgan fingerprint density at radius 3 is 2.50 bits per heavy atom. The lowest BCUT2D eigenvalue weighted by atomic mass is 9.73. The number of piperidine rings is 3. The van der Waals surface area contributed by atoms with Gasteiger partial charge in [0.2, 0.25) is 5.91 Å². The van der Waals surface area contributed by atoms with Crippen LogP contribution in [-0.4, -0.2) is 41.4 Å². The highest BCUT2D eigenvalue weighted by atomic mass is 16.2. The van der Waals surface area contributed by atoms with E-state index in [4.69, 9.17) is 0 Å². The lowest BCUT2D eigenvalue weighted by Gasteiger charge is -2.55. The van der Waals surface area contributed by atoms with Crippen LogP contribution < -0.4 is 0 Å². The van der Waals surface area contributed by atoms with E-state index >= 15 is 0 Å². The van der Waals surface area contributed by atoms with Crippen LogP contribution in [0.1, 0.15) is 63.0 Å². The maximum absolute atomic E-state index is 13.0. The van der Waals surface area contributed by atoms with Gasteiger partial charge in [0.15, 0.2) is 0 Å². The first-order valence-corrected chi connectivity index (χ1v) is 10.9. The summed E-state index contributed by atoms with van der Waals surface area (Å²) in [5, 5.41) is 0. The van der Waals surface area contributed by atoms with E-state index in [2.05, 4.69) is 40.1 Å². The monoisotopic (exact) mass is 352 g/mol. The molecule has 1 aromatic rings. The smallest absolute Gasteiger partial charge is 0.225 e. The summed E-state index contributed by atoms with van der Waals surface area (Å²) in [6, 6.07) is 12.4. The summed E-state index contributed by atoms with van der Waals surface area (Å²) >= 11 is 0. The van der Waals surface area contributed by atoms with Crippen LogP contribution in [0.25, 0.3) is 0 Å². The Morgan fingerprint density at radius 2 is 1.69 bits per heavy atom. The van der Waals surface area contributed by atoms with Crippen molar-refractivity contribution in [2.24, 2.45) is 17.8 Å². The molecule has 0 N–H and O–H groups in total. The summed E-state index contributed by atoms with van der Waals surface area (Å²) in [6.45, 7) is 3.22. The van der Waals surface area contributed by atoms with E-state index < -0.39 is 0 Å². The molecule has 1 aliphatic carbocycles. The standard InChI is InChI=1S/C23H32N2O/c26-23(19-9-4-5-10-19)24-14-17-13-20(16-24)22-12-6-11-21(25(22)15-17)18-7-2-1-3-8-18/h1-3,7-8,17,19-22H,4-6,9-16H2/t17-,20+,21+,22-/m0/s1. The van der Waals surface area contributed by atoms with Crippen molar-refractivity contribution in [1.82, 2.24) is 9.80 Å². The van der Waals surface area contributed by atoms with Gasteiger partial charge in [-0.25, -0.2) is 0 Å². The molecule has 2 bridgehead atoms. The number of rotatable bonds is 2. The Kier molecular flexibility index (Phi) is 4.52. The van der Waals surface area contributed by atoms with E-state index in [1.807, 2.05) is 0 Å². The van der Waals surface area contributed by atoms with E-state index in [0.29, 0.717) is 35.7 Å². The molecule has 3 heteroatoms. The summed E-state index contributed by atoms with van der Waals surface area (Å²) in [5.74, 6) is 2.20.